The molecule has 1 atom stereocenters. The average Bonchev–Trinajstić information content (AvgIpc) is 2.37. The minimum absolute atomic E-state index is 0.0689. The molecule has 1 fully saturated rings. The first-order chi connectivity index (χ1) is 9.53. The molecule has 2 N–H and O–H groups in total. The molecule has 0 unspecified atom stereocenters. The van der Waals surface area contributed by atoms with Crippen LogP contribution in [0.1, 0.15) is 24.9 Å². The smallest absolute Gasteiger partial charge is 0.410 e. The van der Waals surface area contributed by atoms with Gasteiger partial charge in [-0.15, -0.1) is 0 Å². The van der Waals surface area contributed by atoms with Crippen molar-refractivity contribution in [1.29, 1.82) is 0 Å². The summed E-state index contributed by atoms with van der Waals surface area (Å²) in [7, 11) is 0. The molecule has 1 spiro atoms. The van der Waals surface area contributed by atoms with Crippen LogP contribution in [0.25, 0.3) is 0 Å². The Labute approximate surface area is 126 Å². The Morgan fingerprint density at radius 2 is 2.35 bits per heavy atom. The predicted octanol–water partition coefficient (Wildman–Crippen LogP) is 2.44. The van der Waals surface area contributed by atoms with Gasteiger partial charge in [0.1, 0.15) is 11.4 Å². The Morgan fingerprint density at radius 1 is 1.60 bits per heavy atom. The van der Waals surface area contributed by atoms with Crippen molar-refractivity contribution in [3.63, 3.8) is 0 Å². The lowest BCUT2D eigenvalue weighted by Gasteiger charge is -2.52. The van der Waals surface area contributed by atoms with Crippen LogP contribution >= 0.6 is 15.9 Å². The second-order valence-electron chi connectivity index (χ2n) is 5.33. The minimum Gasteiger partial charge on any atom is -0.483 e. The molecular formula is C14H17BrN2O3. The second-order valence-corrected chi connectivity index (χ2v) is 6.25. The number of hydrogen-bond acceptors (Lipinski definition) is 4. The minimum atomic E-state index is -0.354. The van der Waals surface area contributed by atoms with Crippen molar-refractivity contribution in [1.82, 2.24) is 4.90 Å². The molecule has 0 aliphatic carbocycles. The van der Waals surface area contributed by atoms with E-state index in [0.29, 0.717) is 26.1 Å². The number of rotatable bonds is 1. The number of nitrogens with zero attached hydrogens (tertiary/aromatic N) is 1. The maximum absolute atomic E-state index is 11.6. The number of carbonyl (C=O) groups is 1. The van der Waals surface area contributed by atoms with Gasteiger partial charge in [0.25, 0.3) is 0 Å². The van der Waals surface area contributed by atoms with Gasteiger partial charge in [0, 0.05) is 22.5 Å². The third-order valence-corrected chi connectivity index (χ3v) is 4.27. The molecular weight excluding hydrogens is 324 g/mol. The zero-order valence-electron chi connectivity index (χ0n) is 11.3. The van der Waals surface area contributed by atoms with E-state index in [2.05, 4.69) is 15.9 Å². The van der Waals surface area contributed by atoms with Gasteiger partial charge in [-0.1, -0.05) is 15.9 Å². The van der Waals surface area contributed by atoms with Crippen molar-refractivity contribution in [3.8, 4) is 5.75 Å². The molecule has 5 nitrogen and oxygen atoms in total. The number of benzene rings is 1. The van der Waals surface area contributed by atoms with Gasteiger partial charge in [-0.25, -0.2) is 4.79 Å². The number of amides is 1. The largest absolute Gasteiger partial charge is 0.483 e. The van der Waals surface area contributed by atoms with Crippen molar-refractivity contribution >= 4 is 22.0 Å². The van der Waals surface area contributed by atoms with Gasteiger partial charge in [-0.05, 0) is 25.1 Å². The Morgan fingerprint density at radius 3 is 3.05 bits per heavy atom. The van der Waals surface area contributed by atoms with Gasteiger partial charge in [0.2, 0.25) is 0 Å². The van der Waals surface area contributed by atoms with E-state index in [1.54, 1.807) is 11.8 Å². The molecule has 1 amide bonds. The molecule has 0 bridgehead atoms. The molecule has 2 heterocycles. The normalized spacial score (nSPS) is 22.8. The number of hydrogen-bond donors (Lipinski definition) is 1. The van der Waals surface area contributed by atoms with Crippen molar-refractivity contribution < 1.29 is 14.3 Å². The fraction of sp³-hybridized carbons (Fsp3) is 0.500. The molecule has 1 aromatic carbocycles. The maximum Gasteiger partial charge on any atom is 0.410 e. The van der Waals surface area contributed by atoms with Crippen molar-refractivity contribution in [2.45, 2.75) is 25.0 Å². The highest BCUT2D eigenvalue weighted by Gasteiger charge is 2.51. The number of ether oxygens (including phenoxy) is 2. The summed E-state index contributed by atoms with van der Waals surface area (Å²) in [5.74, 6) is 0.815. The summed E-state index contributed by atoms with van der Waals surface area (Å²) in [5, 5.41) is 0. The molecule has 6 heteroatoms. The Bertz CT molecular complexity index is 543. The van der Waals surface area contributed by atoms with Gasteiger partial charge < -0.3 is 20.1 Å². The third kappa shape index (κ3) is 2.27. The summed E-state index contributed by atoms with van der Waals surface area (Å²) >= 11 is 3.44. The fourth-order valence-electron chi connectivity index (χ4n) is 2.87. The highest BCUT2D eigenvalue weighted by molar-refractivity contribution is 9.10. The van der Waals surface area contributed by atoms with Crippen LogP contribution < -0.4 is 10.5 Å². The van der Waals surface area contributed by atoms with Crippen molar-refractivity contribution in [2.75, 3.05) is 19.7 Å². The zero-order valence-corrected chi connectivity index (χ0v) is 12.9. The molecule has 3 rings (SSSR count). The average molecular weight is 341 g/mol. The fourth-order valence-corrected chi connectivity index (χ4v) is 3.25. The number of halogens is 1. The Kier molecular flexibility index (Phi) is 3.38. The summed E-state index contributed by atoms with van der Waals surface area (Å²) in [5.41, 5.74) is 6.90. The lowest BCUT2D eigenvalue weighted by molar-refractivity contribution is -0.0858. The van der Waals surface area contributed by atoms with Crippen LogP contribution in [0.15, 0.2) is 22.7 Å². The molecule has 0 radical (unpaired) electrons. The molecule has 1 aromatic rings. The Hall–Kier alpha value is -1.27. The van der Waals surface area contributed by atoms with Crippen LogP contribution in [-0.4, -0.2) is 36.3 Å². The van der Waals surface area contributed by atoms with Crippen LogP contribution in [0.4, 0.5) is 4.79 Å². The van der Waals surface area contributed by atoms with Crippen molar-refractivity contribution in [3.05, 3.63) is 28.2 Å². The van der Waals surface area contributed by atoms with Crippen LogP contribution in [0.3, 0.4) is 0 Å². The quantitative estimate of drug-likeness (QED) is 0.852. The molecule has 108 valence electrons. The van der Waals surface area contributed by atoms with E-state index in [1.165, 1.54) is 0 Å². The maximum atomic E-state index is 11.6. The van der Waals surface area contributed by atoms with E-state index in [9.17, 15) is 4.79 Å². The highest BCUT2D eigenvalue weighted by Crippen LogP contribution is 2.43. The Balaban J connectivity index is 1.74. The SMILES string of the molecule is CCOC(=O)N1CC2(C[C@H](N)c3cc(Br)ccc3O2)C1. The van der Waals surface area contributed by atoms with E-state index >= 15 is 0 Å². The molecule has 1 saturated heterocycles. The summed E-state index contributed by atoms with van der Waals surface area (Å²) in [4.78, 5) is 13.3. The summed E-state index contributed by atoms with van der Waals surface area (Å²) in [6.07, 6.45) is 0.434. The number of likely N-dealkylation sites (tertiary alicyclic amines) is 1. The molecule has 0 aromatic heterocycles. The van der Waals surface area contributed by atoms with Crippen LogP contribution in [0, 0.1) is 0 Å². The van der Waals surface area contributed by atoms with Crippen LogP contribution in [0.5, 0.6) is 5.75 Å². The number of nitrogens with two attached hydrogens (primary N) is 1. The second kappa shape index (κ2) is 4.93. The standard InChI is InChI=1S/C14H17BrN2O3/c1-2-19-13(18)17-7-14(8-17)6-11(16)10-5-9(15)3-4-12(10)20-14/h3-5,11H,2,6-8,16H2,1H3/t11-/m0/s1. The highest BCUT2D eigenvalue weighted by atomic mass is 79.9. The molecule has 0 saturated carbocycles. The van der Waals surface area contributed by atoms with Crippen molar-refractivity contribution in [2.24, 2.45) is 5.73 Å². The number of fused-ring (bicyclic) bond motifs is 1. The van der Waals surface area contributed by atoms with Gasteiger partial charge in [-0.2, -0.15) is 0 Å². The van der Waals surface area contributed by atoms with Crippen LogP contribution in [0.2, 0.25) is 0 Å². The van der Waals surface area contributed by atoms with E-state index in [-0.39, 0.29) is 17.7 Å². The lowest BCUT2D eigenvalue weighted by atomic mass is 9.82. The predicted molar refractivity (Wildman–Crippen MR) is 77.6 cm³/mol. The van der Waals surface area contributed by atoms with E-state index in [4.69, 9.17) is 15.2 Å². The van der Waals surface area contributed by atoms with Gasteiger partial charge >= 0.3 is 6.09 Å². The first-order valence-corrected chi connectivity index (χ1v) is 7.48. The summed E-state index contributed by atoms with van der Waals surface area (Å²) in [6, 6.07) is 5.79. The first-order valence-electron chi connectivity index (χ1n) is 6.69. The van der Waals surface area contributed by atoms with Gasteiger partial charge in [0.15, 0.2) is 0 Å². The topological polar surface area (TPSA) is 64.8 Å². The zero-order chi connectivity index (χ0) is 14.3. The van der Waals surface area contributed by atoms with E-state index in [1.807, 2.05) is 18.2 Å². The third-order valence-electron chi connectivity index (χ3n) is 3.77. The summed E-state index contributed by atoms with van der Waals surface area (Å²) < 4.78 is 12.1. The molecule has 20 heavy (non-hydrogen) atoms. The van der Waals surface area contributed by atoms with E-state index < -0.39 is 0 Å². The lowest BCUT2D eigenvalue weighted by Crippen LogP contribution is -2.68. The van der Waals surface area contributed by atoms with E-state index in [0.717, 1.165) is 15.8 Å². The van der Waals surface area contributed by atoms with Crippen LogP contribution in [-0.2, 0) is 4.74 Å². The molecule has 2 aliphatic heterocycles. The monoisotopic (exact) mass is 340 g/mol. The van der Waals surface area contributed by atoms with Gasteiger partial charge in [0.05, 0.1) is 19.7 Å². The molecule has 2 aliphatic rings. The number of carbonyl (C=O) groups excluding carboxylic acids is 1. The van der Waals surface area contributed by atoms with Gasteiger partial charge in [-0.3, -0.25) is 0 Å². The summed E-state index contributed by atoms with van der Waals surface area (Å²) in [6.45, 7) is 3.26. The first kappa shape index (κ1) is 13.7.